The van der Waals surface area contributed by atoms with E-state index in [1.165, 1.54) is 0 Å². The summed E-state index contributed by atoms with van der Waals surface area (Å²) in [6.07, 6.45) is -7.38. The SMILES string of the molecule is OC[C@H]1O[C@@H](OOC[C@H]2O[C@@H](O)CC2O)C(O)C1O. The summed E-state index contributed by atoms with van der Waals surface area (Å²) in [5, 5.41) is 46.4. The van der Waals surface area contributed by atoms with Crippen LogP contribution in [-0.4, -0.2) is 81.8 Å². The lowest BCUT2D eigenvalue weighted by atomic mass is 10.1. The third kappa shape index (κ3) is 3.40. The second kappa shape index (κ2) is 6.39. The molecule has 0 aromatic carbocycles. The van der Waals surface area contributed by atoms with Crippen molar-refractivity contribution in [3.8, 4) is 0 Å². The van der Waals surface area contributed by atoms with E-state index in [4.69, 9.17) is 29.5 Å². The zero-order valence-corrected chi connectivity index (χ0v) is 10.0. The van der Waals surface area contributed by atoms with E-state index in [2.05, 4.69) is 0 Å². The van der Waals surface area contributed by atoms with Gasteiger partial charge < -0.3 is 35.0 Å². The fraction of sp³-hybridized carbons (Fsp3) is 1.00. The summed E-state index contributed by atoms with van der Waals surface area (Å²) in [4.78, 5) is 9.51. The maximum atomic E-state index is 9.53. The number of rotatable bonds is 5. The van der Waals surface area contributed by atoms with Crippen molar-refractivity contribution < 1.29 is 44.8 Å². The molecule has 0 aliphatic carbocycles. The van der Waals surface area contributed by atoms with Gasteiger partial charge in [0.15, 0.2) is 6.29 Å². The van der Waals surface area contributed by atoms with E-state index in [1.54, 1.807) is 0 Å². The number of hydrogen-bond acceptors (Lipinski definition) is 9. The van der Waals surface area contributed by atoms with Gasteiger partial charge in [0.1, 0.15) is 31.0 Å². The fourth-order valence-corrected chi connectivity index (χ4v) is 1.97. The zero-order valence-electron chi connectivity index (χ0n) is 10.0. The molecule has 5 N–H and O–H groups in total. The van der Waals surface area contributed by atoms with E-state index in [0.717, 1.165) is 0 Å². The van der Waals surface area contributed by atoms with Gasteiger partial charge >= 0.3 is 0 Å². The molecule has 2 rings (SSSR count). The molecule has 2 fully saturated rings. The molecule has 2 saturated heterocycles. The Labute approximate surface area is 108 Å². The molecule has 19 heavy (non-hydrogen) atoms. The maximum Gasteiger partial charge on any atom is 0.220 e. The second-order valence-electron chi connectivity index (χ2n) is 4.52. The van der Waals surface area contributed by atoms with Crippen molar-refractivity contribution in [3.63, 3.8) is 0 Å². The minimum atomic E-state index is -1.35. The average Bonchev–Trinajstić information content (AvgIpc) is 2.83. The highest BCUT2D eigenvalue weighted by molar-refractivity contribution is 4.85. The number of aliphatic hydroxyl groups is 5. The molecule has 2 aliphatic rings. The highest BCUT2D eigenvalue weighted by atomic mass is 17.2. The summed E-state index contributed by atoms with van der Waals surface area (Å²) in [6.45, 7) is -0.639. The first-order chi connectivity index (χ1) is 9.02. The molecule has 0 aromatic rings. The topological polar surface area (TPSA) is 138 Å². The molecule has 0 bridgehead atoms. The van der Waals surface area contributed by atoms with Crippen LogP contribution in [0.1, 0.15) is 6.42 Å². The number of hydrogen-bond donors (Lipinski definition) is 5. The van der Waals surface area contributed by atoms with Crippen LogP contribution in [0.15, 0.2) is 0 Å². The second-order valence-corrected chi connectivity index (χ2v) is 4.52. The third-order valence-electron chi connectivity index (χ3n) is 3.10. The van der Waals surface area contributed by atoms with Crippen molar-refractivity contribution in [2.45, 2.75) is 49.5 Å². The van der Waals surface area contributed by atoms with Crippen molar-refractivity contribution >= 4 is 0 Å². The van der Waals surface area contributed by atoms with E-state index in [0.29, 0.717) is 0 Å². The summed E-state index contributed by atoms with van der Waals surface area (Å²) < 4.78 is 9.93. The first kappa shape index (κ1) is 15.0. The summed E-state index contributed by atoms with van der Waals surface area (Å²) in [5.74, 6) is 0. The lowest BCUT2D eigenvalue weighted by molar-refractivity contribution is -0.393. The van der Waals surface area contributed by atoms with Crippen LogP contribution in [0.3, 0.4) is 0 Å². The molecule has 9 heteroatoms. The Bertz CT molecular complexity index is 288. The summed E-state index contributed by atoms with van der Waals surface area (Å²) in [7, 11) is 0. The van der Waals surface area contributed by atoms with Gasteiger partial charge in [0.2, 0.25) is 6.29 Å². The molecule has 9 nitrogen and oxygen atoms in total. The Morgan fingerprint density at radius 2 is 1.74 bits per heavy atom. The van der Waals surface area contributed by atoms with Gasteiger partial charge in [-0.15, -0.1) is 0 Å². The van der Waals surface area contributed by atoms with Crippen LogP contribution in [0.2, 0.25) is 0 Å². The van der Waals surface area contributed by atoms with E-state index >= 15 is 0 Å². The highest BCUT2D eigenvalue weighted by Crippen LogP contribution is 2.23. The van der Waals surface area contributed by atoms with Crippen LogP contribution in [0.5, 0.6) is 0 Å². The van der Waals surface area contributed by atoms with Gasteiger partial charge in [0, 0.05) is 6.42 Å². The van der Waals surface area contributed by atoms with Crippen LogP contribution in [-0.2, 0) is 19.2 Å². The first-order valence-corrected chi connectivity index (χ1v) is 5.95. The predicted octanol–water partition coefficient (Wildman–Crippen LogP) is -3.16. The highest BCUT2D eigenvalue weighted by Gasteiger charge is 2.44. The maximum absolute atomic E-state index is 9.53. The molecule has 0 amide bonds. The van der Waals surface area contributed by atoms with E-state index in [9.17, 15) is 15.3 Å². The molecule has 112 valence electrons. The van der Waals surface area contributed by atoms with Crippen molar-refractivity contribution in [3.05, 3.63) is 0 Å². The van der Waals surface area contributed by atoms with Gasteiger partial charge in [0.05, 0.1) is 12.7 Å². The molecule has 0 aromatic heterocycles. The molecule has 7 atom stereocenters. The summed E-state index contributed by atoms with van der Waals surface area (Å²) in [6, 6.07) is 0. The van der Waals surface area contributed by atoms with Crippen LogP contribution in [0.25, 0.3) is 0 Å². The van der Waals surface area contributed by atoms with Gasteiger partial charge in [-0.1, -0.05) is 0 Å². The smallest absolute Gasteiger partial charge is 0.220 e. The minimum Gasteiger partial charge on any atom is -0.394 e. The predicted molar refractivity (Wildman–Crippen MR) is 56.3 cm³/mol. The van der Waals surface area contributed by atoms with E-state index in [1.807, 2.05) is 0 Å². The van der Waals surface area contributed by atoms with Crippen molar-refractivity contribution in [2.75, 3.05) is 13.2 Å². The van der Waals surface area contributed by atoms with E-state index < -0.39 is 49.7 Å². The van der Waals surface area contributed by atoms with Crippen LogP contribution < -0.4 is 0 Å². The monoisotopic (exact) mass is 282 g/mol. The number of ether oxygens (including phenoxy) is 2. The van der Waals surface area contributed by atoms with Crippen LogP contribution in [0.4, 0.5) is 0 Å². The van der Waals surface area contributed by atoms with Crippen LogP contribution >= 0.6 is 0 Å². The Morgan fingerprint density at radius 1 is 1.00 bits per heavy atom. The van der Waals surface area contributed by atoms with Gasteiger partial charge in [-0.05, 0) is 0 Å². The van der Waals surface area contributed by atoms with Crippen molar-refractivity contribution in [1.29, 1.82) is 0 Å². The molecule has 0 radical (unpaired) electrons. The van der Waals surface area contributed by atoms with Crippen LogP contribution in [0, 0.1) is 0 Å². The first-order valence-electron chi connectivity index (χ1n) is 5.95. The zero-order chi connectivity index (χ0) is 14.0. The molecule has 0 spiro atoms. The van der Waals surface area contributed by atoms with Crippen molar-refractivity contribution in [1.82, 2.24) is 0 Å². The lowest BCUT2D eigenvalue weighted by Crippen LogP contribution is -2.35. The van der Waals surface area contributed by atoms with Gasteiger partial charge in [-0.3, -0.25) is 0 Å². The van der Waals surface area contributed by atoms with Gasteiger partial charge in [-0.25, -0.2) is 9.78 Å². The largest absolute Gasteiger partial charge is 0.394 e. The molecule has 2 aliphatic heterocycles. The average molecular weight is 282 g/mol. The number of aliphatic hydroxyl groups excluding tert-OH is 5. The minimum absolute atomic E-state index is 0.0852. The standard InChI is InChI=1S/C10H18O9/c11-2-5-8(14)9(15)10(18-5)19-16-3-6-4(12)1-7(13)17-6/h4-15H,1-3H2/t4?,5-,6-,7-,8?,9?,10+/m1/s1. The molecular weight excluding hydrogens is 264 g/mol. The molecule has 3 unspecified atom stereocenters. The Morgan fingerprint density at radius 3 is 2.26 bits per heavy atom. The van der Waals surface area contributed by atoms with E-state index in [-0.39, 0.29) is 13.0 Å². The van der Waals surface area contributed by atoms with Gasteiger partial charge in [-0.2, -0.15) is 0 Å². The Kier molecular flexibility index (Phi) is 5.06. The van der Waals surface area contributed by atoms with Crippen molar-refractivity contribution in [2.24, 2.45) is 0 Å². The van der Waals surface area contributed by atoms with Gasteiger partial charge in [0.25, 0.3) is 0 Å². The Balaban J connectivity index is 1.71. The fourth-order valence-electron chi connectivity index (χ4n) is 1.97. The molecule has 2 heterocycles. The molecular formula is C10H18O9. The third-order valence-corrected chi connectivity index (χ3v) is 3.10. The lowest BCUT2D eigenvalue weighted by Gasteiger charge is -2.17. The summed E-state index contributed by atoms with van der Waals surface area (Å²) in [5.41, 5.74) is 0. The Hall–Kier alpha value is -0.360. The normalized spacial score (nSPS) is 46.9. The summed E-state index contributed by atoms with van der Waals surface area (Å²) >= 11 is 0. The quantitative estimate of drug-likeness (QED) is 0.261. The molecule has 0 saturated carbocycles.